The molecular formula is C12H16O2. The van der Waals surface area contributed by atoms with Crippen molar-refractivity contribution < 1.29 is 9.84 Å². The van der Waals surface area contributed by atoms with E-state index in [-0.39, 0.29) is 0 Å². The third kappa shape index (κ3) is 4.80. The Morgan fingerprint density at radius 1 is 1.36 bits per heavy atom. The molecule has 2 nitrogen and oxygen atoms in total. The highest BCUT2D eigenvalue weighted by Crippen LogP contribution is 2.00. The van der Waals surface area contributed by atoms with Gasteiger partial charge in [-0.1, -0.05) is 42.5 Å². The van der Waals surface area contributed by atoms with Crippen molar-refractivity contribution in [3.05, 3.63) is 48.0 Å². The Morgan fingerprint density at radius 2 is 2.07 bits per heavy atom. The molecule has 0 radical (unpaired) electrons. The largest absolute Gasteiger partial charge is 0.389 e. The molecule has 1 aromatic rings. The molecule has 1 atom stereocenters. The molecule has 0 aliphatic heterocycles. The number of hydrogen-bond donors (Lipinski definition) is 1. The summed E-state index contributed by atoms with van der Waals surface area (Å²) >= 11 is 0. The van der Waals surface area contributed by atoms with Gasteiger partial charge in [0.25, 0.3) is 0 Å². The van der Waals surface area contributed by atoms with Crippen molar-refractivity contribution in [1.82, 2.24) is 0 Å². The summed E-state index contributed by atoms with van der Waals surface area (Å²) in [5.74, 6) is 0. The smallest absolute Gasteiger partial charge is 0.0721 e. The summed E-state index contributed by atoms with van der Waals surface area (Å²) in [6.45, 7) is 2.87. The van der Waals surface area contributed by atoms with E-state index in [0.29, 0.717) is 13.2 Å². The van der Waals surface area contributed by atoms with E-state index in [1.54, 1.807) is 13.0 Å². The van der Waals surface area contributed by atoms with Crippen LogP contribution in [0.4, 0.5) is 0 Å². The zero-order valence-electron chi connectivity index (χ0n) is 8.39. The topological polar surface area (TPSA) is 29.5 Å². The number of aliphatic hydroxyl groups excluding tert-OH is 1. The van der Waals surface area contributed by atoms with Crippen molar-refractivity contribution in [2.75, 3.05) is 6.61 Å². The molecule has 1 N–H and O–H groups in total. The standard InChI is InChI=1S/C12H16O2/c1-11(13)6-5-9-14-10-12-7-3-2-4-8-12/h2-8,11,13H,9-10H2,1H3. The summed E-state index contributed by atoms with van der Waals surface area (Å²) in [7, 11) is 0. The summed E-state index contributed by atoms with van der Waals surface area (Å²) in [5.41, 5.74) is 1.16. The fourth-order valence-electron chi connectivity index (χ4n) is 1.07. The van der Waals surface area contributed by atoms with Crippen LogP contribution in [0.25, 0.3) is 0 Å². The monoisotopic (exact) mass is 192 g/mol. The van der Waals surface area contributed by atoms with Crippen LogP contribution in [0.15, 0.2) is 42.5 Å². The summed E-state index contributed by atoms with van der Waals surface area (Å²) in [6.07, 6.45) is 3.15. The van der Waals surface area contributed by atoms with Crippen LogP contribution in [0.5, 0.6) is 0 Å². The average molecular weight is 192 g/mol. The van der Waals surface area contributed by atoms with Gasteiger partial charge in [0.2, 0.25) is 0 Å². The van der Waals surface area contributed by atoms with Gasteiger partial charge in [0.1, 0.15) is 0 Å². The number of aliphatic hydroxyl groups is 1. The first-order valence-electron chi connectivity index (χ1n) is 4.75. The minimum Gasteiger partial charge on any atom is -0.389 e. The lowest BCUT2D eigenvalue weighted by Gasteiger charge is -2.00. The molecule has 0 heterocycles. The summed E-state index contributed by atoms with van der Waals surface area (Å²) in [5, 5.41) is 8.93. The predicted octanol–water partition coefficient (Wildman–Crippen LogP) is 2.14. The van der Waals surface area contributed by atoms with Gasteiger partial charge in [0, 0.05) is 0 Å². The predicted molar refractivity (Wildman–Crippen MR) is 56.9 cm³/mol. The van der Waals surface area contributed by atoms with E-state index in [0.717, 1.165) is 5.56 Å². The molecule has 14 heavy (non-hydrogen) atoms. The Labute approximate surface area is 84.8 Å². The first-order valence-corrected chi connectivity index (χ1v) is 4.75. The maximum absolute atomic E-state index is 8.93. The van der Waals surface area contributed by atoms with Gasteiger partial charge in [0.15, 0.2) is 0 Å². The van der Waals surface area contributed by atoms with Gasteiger partial charge in [0.05, 0.1) is 19.3 Å². The van der Waals surface area contributed by atoms with Crippen molar-refractivity contribution in [2.24, 2.45) is 0 Å². The molecule has 2 heteroatoms. The summed E-state index contributed by atoms with van der Waals surface area (Å²) < 4.78 is 5.37. The van der Waals surface area contributed by atoms with E-state index in [2.05, 4.69) is 0 Å². The number of rotatable bonds is 5. The van der Waals surface area contributed by atoms with Crippen LogP contribution >= 0.6 is 0 Å². The van der Waals surface area contributed by atoms with Crippen LogP contribution in [-0.2, 0) is 11.3 Å². The summed E-state index contributed by atoms with van der Waals surface area (Å²) in [6, 6.07) is 10.0. The first-order chi connectivity index (χ1) is 6.79. The molecule has 0 fully saturated rings. The minimum atomic E-state index is -0.393. The maximum Gasteiger partial charge on any atom is 0.0721 e. The van der Waals surface area contributed by atoms with Crippen LogP contribution in [0.2, 0.25) is 0 Å². The first kappa shape index (κ1) is 11.0. The van der Waals surface area contributed by atoms with Crippen LogP contribution in [0.3, 0.4) is 0 Å². The van der Waals surface area contributed by atoms with E-state index < -0.39 is 6.10 Å². The lowest BCUT2D eigenvalue weighted by atomic mass is 10.2. The molecule has 0 spiro atoms. The van der Waals surface area contributed by atoms with Crippen LogP contribution in [-0.4, -0.2) is 17.8 Å². The fourth-order valence-corrected chi connectivity index (χ4v) is 1.07. The summed E-state index contributed by atoms with van der Waals surface area (Å²) in [4.78, 5) is 0. The number of hydrogen-bond acceptors (Lipinski definition) is 2. The zero-order chi connectivity index (χ0) is 10.2. The maximum atomic E-state index is 8.93. The van der Waals surface area contributed by atoms with Crippen LogP contribution in [0.1, 0.15) is 12.5 Å². The van der Waals surface area contributed by atoms with E-state index in [9.17, 15) is 0 Å². The second kappa shape index (κ2) is 6.35. The van der Waals surface area contributed by atoms with Crippen molar-refractivity contribution >= 4 is 0 Å². The van der Waals surface area contributed by atoms with Gasteiger partial charge < -0.3 is 9.84 Å². The Bertz CT molecular complexity index is 265. The van der Waals surface area contributed by atoms with Crippen molar-refractivity contribution in [1.29, 1.82) is 0 Å². The van der Waals surface area contributed by atoms with Gasteiger partial charge >= 0.3 is 0 Å². The minimum absolute atomic E-state index is 0.393. The second-order valence-electron chi connectivity index (χ2n) is 3.17. The molecule has 0 saturated heterocycles. The number of ether oxygens (including phenoxy) is 1. The molecule has 1 unspecified atom stereocenters. The SMILES string of the molecule is CC(O)C=CCOCc1ccccc1. The number of benzene rings is 1. The lowest BCUT2D eigenvalue weighted by Crippen LogP contribution is -1.96. The second-order valence-corrected chi connectivity index (χ2v) is 3.17. The van der Waals surface area contributed by atoms with E-state index in [1.807, 2.05) is 36.4 Å². The van der Waals surface area contributed by atoms with Crippen molar-refractivity contribution in [2.45, 2.75) is 19.6 Å². The molecule has 0 aliphatic carbocycles. The fraction of sp³-hybridized carbons (Fsp3) is 0.333. The molecular weight excluding hydrogens is 176 g/mol. The quantitative estimate of drug-likeness (QED) is 0.572. The Kier molecular flexibility index (Phi) is 4.97. The third-order valence-electron chi connectivity index (χ3n) is 1.74. The van der Waals surface area contributed by atoms with Gasteiger partial charge in [-0.15, -0.1) is 0 Å². The molecule has 1 aromatic carbocycles. The Balaban J connectivity index is 2.16. The van der Waals surface area contributed by atoms with Gasteiger partial charge in [-0.05, 0) is 12.5 Å². The molecule has 0 bridgehead atoms. The highest BCUT2D eigenvalue weighted by molar-refractivity contribution is 5.13. The van der Waals surface area contributed by atoms with Gasteiger partial charge in [-0.25, -0.2) is 0 Å². The average Bonchev–Trinajstić information content (AvgIpc) is 2.18. The van der Waals surface area contributed by atoms with Crippen molar-refractivity contribution in [3.8, 4) is 0 Å². The molecule has 76 valence electrons. The van der Waals surface area contributed by atoms with E-state index in [1.165, 1.54) is 0 Å². The van der Waals surface area contributed by atoms with E-state index in [4.69, 9.17) is 9.84 Å². The van der Waals surface area contributed by atoms with Gasteiger partial charge in [-0.3, -0.25) is 0 Å². The zero-order valence-corrected chi connectivity index (χ0v) is 8.39. The molecule has 1 rings (SSSR count). The lowest BCUT2D eigenvalue weighted by molar-refractivity contribution is 0.147. The van der Waals surface area contributed by atoms with Gasteiger partial charge in [-0.2, -0.15) is 0 Å². The Morgan fingerprint density at radius 3 is 2.71 bits per heavy atom. The van der Waals surface area contributed by atoms with E-state index >= 15 is 0 Å². The molecule has 0 amide bonds. The van der Waals surface area contributed by atoms with Crippen LogP contribution < -0.4 is 0 Å². The highest BCUT2D eigenvalue weighted by Gasteiger charge is 1.89. The van der Waals surface area contributed by atoms with Crippen LogP contribution in [0, 0.1) is 0 Å². The highest BCUT2D eigenvalue weighted by atomic mass is 16.5. The third-order valence-corrected chi connectivity index (χ3v) is 1.74. The molecule has 0 aromatic heterocycles. The Hall–Kier alpha value is -1.12. The van der Waals surface area contributed by atoms with Crippen molar-refractivity contribution in [3.63, 3.8) is 0 Å². The molecule has 0 saturated carbocycles. The normalized spacial score (nSPS) is 13.3. The molecule has 0 aliphatic rings.